The minimum atomic E-state index is -0.308. The predicted molar refractivity (Wildman–Crippen MR) is 76.7 cm³/mol. The maximum Gasteiger partial charge on any atom is 0.169 e. The van der Waals surface area contributed by atoms with Crippen LogP contribution in [0.1, 0.15) is 24.9 Å². The van der Waals surface area contributed by atoms with Crippen molar-refractivity contribution in [3.05, 3.63) is 29.6 Å². The van der Waals surface area contributed by atoms with Crippen LogP contribution in [-0.4, -0.2) is 40.6 Å². The van der Waals surface area contributed by atoms with Crippen LogP contribution in [-0.2, 0) is 9.47 Å². The maximum absolute atomic E-state index is 14.3. The van der Waals surface area contributed by atoms with Gasteiger partial charge in [0.1, 0.15) is 0 Å². The molecule has 0 radical (unpaired) electrons. The molecule has 1 N–H and O–H groups in total. The van der Waals surface area contributed by atoms with Crippen LogP contribution in [0.4, 0.5) is 4.39 Å². The molecule has 0 heterocycles. The van der Waals surface area contributed by atoms with Gasteiger partial charge in [0.2, 0.25) is 0 Å². The van der Waals surface area contributed by atoms with Crippen molar-refractivity contribution in [3.8, 4) is 5.75 Å². The van der Waals surface area contributed by atoms with Crippen molar-refractivity contribution in [3.63, 3.8) is 0 Å². The summed E-state index contributed by atoms with van der Waals surface area (Å²) in [5.74, 6) is -0.0384. The third-order valence-corrected chi connectivity index (χ3v) is 3.02. The number of rotatable bonds is 10. The first kappa shape index (κ1) is 16.9. The van der Waals surface area contributed by atoms with E-state index < -0.39 is 0 Å². The molecule has 1 atom stereocenters. The van der Waals surface area contributed by atoms with Crippen LogP contribution in [0.25, 0.3) is 0 Å². The Bertz CT molecular complexity index is 387. The molecule has 1 aromatic carbocycles. The standard InChI is InChI=1S/C15H24FNO3/c1-4-17-13(8-9-20-11-10-18-2)12-6-5-7-14(19-3)15(12)16/h5-7,13,17H,4,8-11H2,1-3H3. The highest BCUT2D eigenvalue weighted by atomic mass is 19.1. The summed E-state index contributed by atoms with van der Waals surface area (Å²) >= 11 is 0. The molecule has 5 heteroatoms. The van der Waals surface area contributed by atoms with Gasteiger partial charge in [-0.05, 0) is 19.0 Å². The number of hydrogen-bond acceptors (Lipinski definition) is 4. The fourth-order valence-electron chi connectivity index (χ4n) is 2.01. The number of methoxy groups -OCH3 is 2. The molecule has 0 aliphatic heterocycles. The molecule has 20 heavy (non-hydrogen) atoms. The quantitative estimate of drug-likeness (QED) is 0.671. The predicted octanol–water partition coefficient (Wildman–Crippen LogP) is 2.54. The van der Waals surface area contributed by atoms with Gasteiger partial charge >= 0.3 is 0 Å². The smallest absolute Gasteiger partial charge is 0.169 e. The van der Waals surface area contributed by atoms with Crippen molar-refractivity contribution in [1.82, 2.24) is 5.32 Å². The third-order valence-electron chi connectivity index (χ3n) is 3.02. The number of nitrogens with one attached hydrogen (secondary N) is 1. The van der Waals surface area contributed by atoms with Crippen molar-refractivity contribution >= 4 is 0 Å². The monoisotopic (exact) mass is 285 g/mol. The average molecular weight is 285 g/mol. The number of halogens is 1. The van der Waals surface area contributed by atoms with E-state index in [2.05, 4.69) is 5.32 Å². The highest BCUT2D eigenvalue weighted by Gasteiger charge is 2.17. The van der Waals surface area contributed by atoms with E-state index in [0.717, 1.165) is 6.54 Å². The zero-order chi connectivity index (χ0) is 14.8. The molecule has 114 valence electrons. The fraction of sp³-hybridized carbons (Fsp3) is 0.600. The molecule has 0 saturated carbocycles. The molecule has 0 saturated heterocycles. The molecule has 0 spiro atoms. The maximum atomic E-state index is 14.3. The van der Waals surface area contributed by atoms with E-state index in [1.165, 1.54) is 7.11 Å². The van der Waals surface area contributed by atoms with E-state index in [0.29, 0.717) is 31.8 Å². The molecule has 0 aliphatic rings. The van der Waals surface area contributed by atoms with Crippen LogP contribution < -0.4 is 10.1 Å². The summed E-state index contributed by atoms with van der Waals surface area (Å²) in [5.41, 5.74) is 0.613. The second kappa shape index (κ2) is 9.69. The molecular formula is C15H24FNO3. The lowest BCUT2D eigenvalue weighted by Crippen LogP contribution is -2.23. The first-order chi connectivity index (χ1) is 9.74. The summed E-state index contributed by atoms with van der Waals surface area (Å²) in [6, 6.07) is 5.11. The minimum absolute atomic E-state index is 0.0855. The van der Waals surface area contributed by atoms with Crippen LogP contribution in [0.2, 0.25) is 0 Å². The van der Waals surface area contributed by atoms with Gasteiger partial charge in [-0.3, -0.25) is 0 Å². The Kier molecular flexibility index (Phi) is 8.18. The van der Waals surface area contributed by atoms with Crippen molar-refractivity contribution in [2.75, 3.05) is 40.6 Å². The molecule has 1 aromatic rings. The van der Waals surface area contributed by atoms with E-state index in [9.17, 15) is 4.39 Å². The highest BCUT2D eigenvalue weighted by Crippen LogP contribution is 2.26. The Hall–Kier alpha value is -1.17. The molecule has 0 fully saturated rings. The second-order valence-electron chi connectivity index (χ2n) is 4.37. The summed E-state index contributed by atoms with van der Waals surface area (Å²) in [7, 11) is 3.11. The van der Waals surface area contributed by atoms with Crippen LogP contribution >= 0.6 is 0 Å². The molecule has 1 rings (SSSR count). The molecule has 0 aliphatic carbocycles. The van der Waals surface area contributed by atoms with E-state index in [1.54, 1.807) is 25.3 Å². The summed E-state index contributed by atoms with van der Waals surface area (Å²) in [6.45, 7) is 4.43. The van der Waals surface area contributed by atoms with E-state index in [4.69, 9.17) is 14.2 Å². The lowest BCUT2D eigenvalue weighted by Gasteiger charge is -2.20. The Labute approximate surface area is 120 Å². The molecule has 4 nitrogen and oxygen atoms in total. The van der Waals surface area contributed by atoms with Crippen molar-refractivity contribution in [2.24, 2.45) is 0 Å². The van der Waals surface area contributed by atoms with Crippen LogP contribution in [0.3, 0.4) is 0 Å². The second-order valence-corrected chi connectivity index (χ2v) is 4.37. The van der Waals surface area contributed by atoms with Gasteiger partial charge in [0, 0.05) is 25.3 Å². The highest BCUT2D eigenvalue weighted by molar-refractivity contribution is 5.33. The lowest BCUT2D eigenvalue weighted by molar-refractivity contribution is 0.0657. The van der Waals surface area contributed by atoms with E-state index >= 15 is 0 Å². The van der Waals surface area contributed by atoms with Gasteiger partial charge in [-0.2, -0.15) is 0 Å². The van der Waals surface area contributed by atoms with Crippen LogP contribution in [0.5, 0.6) is 5.75 Å². The van der Waals surface area contributed by atoms with Gasteiger partial charge in [0.05, 0.1) is 20.3 Å². The van der Waals surface area contributed by atoms with Crippen molar-refractivity contribution < 1.29 is 18.6 Å². The van der Waals surface area contributed by atoms with Gasteiger partial charge in [0.15, 0.2) is 11.6 Å². The Balaban J connectivity index is 2.65. The van der Waals surface area contributed by atoms with Crippen molar-refractivity contribution in [2.45, 2.75) is 19.4 Å². The Morgan fingerprint density at radius 3 is 2.65 bits per heavy atom. The van der Waals surface area contributed by atoms with Crippen LogP contribution in [0, 0.1) is 5.82 Å². The van der Waals surface area contributed by atoms with Gasteiger partial charge in [0.25, 0.3) is 0 Å². The fourth-order valence-corrected chi connectivity index (χ4v) is 2.01. The first-order valence-corrected chi connectivity index (χ1v) is 6.87. The molecule has 1 unspecified atom stereocenters. The number of ether oxygens (including phenoxy) is 3. The van der Waals surface area contributed by atoms with Gasteiger partial charge in [-0.15, -0.1) is 0 Å². The van der Waals surface area contributed by atoms with E-state index in [1.807, 2.05) is 6.92 Å². The molecule has 0 amide bonds. The topological polar surface area (TPSA) is 39.7 Å². The largest absolute Gasteiger partial charge is 0.494 e. The minimum Gasteiger partial charge on any atom is -0.494 e. The Morgan fingerprint density at radius 2 is 2.00 bits per heavy atom. The van der Waals surface area contributed by atoms with Gasteiger partial charge in [-0.25, -0.2) is 4.39 Å². The summed E-state index contributed by atoms with van der Waals surface area (Å²) in [4.78, 5) is 0. The van der Waals surface area contributed by atoms with Gasteiger partial charge < -0.3 is 19.5 Å². The van der Waals surface area contributed by atoms with Crippen LogP contribution in [0.15, 0.2) is 18.2 Å². The lowest BCUT2D eigenvalue weighted by atomic mass is 10.0. The molecule has 0 bridgehead atoms. The normalized spacial score (nSPS) is 12.4. The van der Waals surface area contributed by atoms with Gasteiger partial charge in [-0.1, -0.05) is 19.1 Å². The zero-order valence-corrected chi connectivity index (χ0v) is 12.4. The zero-order valence-electron chi connectivity index (χ0n) is 12.4. The molecule has 0 aromatic heterocycles. The SMILES string of the molecule is CCNC(CCOCCOC)c1cccc(OC)c1F. The number of hydrogen-bond donors (Lipinski definition) is 1. The first-order valence-electron chi connectivity index (χ1n) is 6.87. The Morgan fingerprint density at radius 1 is 1.20 bits per heavy atom. The van der Waals surface area contributed by atoms with Crippen molar-refractivity contribution in [1.29, 1.82) is 0 Å². The average Bonchev–Trinajstić information content (AvgIpc) is 2.46. The third kappa shape index (κ3) is 5.07. The van der Waals surface area contributed by atoms with E-state index in [-0.39, 0.29) is 17.6 Å². The summed E-state index contributed by atoms with van der Waals surface area (Å²) < 4.78 is 29.6. The summed E-state index contributed by atoms with van der Waals surface area (Å²) in [5, 5.41) is 3.28. The summed E-state index contributed by atoms with van der Waals surface area (Å²) in [6.07, 6.45) is 0.696. The number of benzene rings is 1. The molecular weight excluding hydrogens is 261 g/mol.